The third kappa shape index (κ3) is 5.78. The van der Waals surface area contributed by atoms with Gasteiger partial charge in [-0.05, 0) is 38.1 Å². The average Bonchev–Trinajstić information content (AvgIpc) is 2.28. The monoisotopic (exact) mass is 213 g/mol. The van der Waals surface area contributed by atoms with E-state index >= 15 is 0 Å². The maximum Gasteiger partial charge on any atom is 0.305 e. The molecule has 0 spiro atoms. The lowest BCUT2D eigenvalue weighted by atomic mass is 9.90. The molecule has 15 heavy (non-hydrogen) atoms. The van der Waals surface area contributed by atoms with Crippen molar-refractivity contribution in [1.82, 2.24) is 0 Å². The number of hydrogen-bond acceptors (Lipinski definition) is 3. The summed E-state index contributed by atoms with van der Waals surface area (Å²) >= 11 is 0. The molecule has 1 aliphatic rings. The Morgan fingerprint density at radius 3 is 2.60 bits per heavy atom. The Morgan fingerprint density at radius 2 is 1.93 bits per heavy atom. The number of esters is 1. The highest BCUT2D eigenvalue weighted by atomic mass is 16.5. The molecule has 0 bridgehead atoms. The van der Waals surface area contributed by atoms with Crippen molar-refractivity contribution in [2.75, 3.05) is 13.2 Å². The molecule has 3 heteroatoms. The molecule has 0 aliphatic heterocycles. The first-order chi connectivity index (χ1) is 7.33. The molecular weight excluding hydrogens is 190 g/mol. The van der Waals surface area contributed by atoms with Crippen LogP contribution in [0.5, 0.6) is 0 Å². The number of nitrogens with two attached hydrogens (primary N) is 1. The van der Waals surface area contributed by atoms with Gasteiger partial charge >= 0.3 is 5.97 Å². The molecule has 0 aromatic carbocycles. The van der Waals surface area contributed by atoms with Crippen LogP contribution in [0.3, 0.4) is 0 Å². The third-order valence-electron chi connectivity index (χ3n) is 3.04. The second-order valence-electron chi connectivity index (χ2n) is 4.43. The Bertz CT molecular complexity index is 176. The Hall–Kier alpha value is -0.570. The van der Waals surface area contributed by atoms with Crippen LogP contribution in [-0.4, -0.2) is 19.1 Å². The Balaban J connectivity index is 2.00. The highest BCUT2D eigenvalue weighted by Gasteiger charge is 2.15. The van der Waals surface area contributed by atoms with Crippen molar-refractivity contribution >= 4 is 5.97 Å². The molecule has 1 rings (SSSR count). The number of ether oxygens (including phenoxy) is 1. The smallest absolute Gasteiger partial charge is 0.305 e. The second kappa shape index (κ2) is 7.69. The molecule has 0 heterocycles. The van der Waals surface area contributed by atoms with Crippen molar-refractivity contribution in [3.05, 3.63) is 0 Å². The quantitative estimate of drug-likeness (QED) is 0.544. The Labute approximate surface area is 92.4 Å². The predicted octanol–water partition coefficient (Wildman–Crippen LogP) is 2.24. The molecule has 1 saturated carbocycles. The summed E-state index contributed by atoms with van der Waals surface area (Å²) < 4.78 is 5.25. The number of rotatable bonds is 6. The zero-order valence-corrected chi connectivity index (χ0v) is 9.54. The van der Waals surface area contributed by atoms with Gasteiger partial charge in [-0.3, -0.25) is 4.79 Å². The molecule has 1 aliphatic carbocycles. The number of carbonyl (C=O) groups is 1. The highest BCUT2D eigenvalue weighted by molar-refractivity contribution is 5.69. The fourth-order valence-electron chi connectivity index (χ4n) is 2.05. The van der Waals surface area contributed by atoms with E-state index < -0.39 is 0 Å². The largest absolute Gasteiger partial charge is 0.465 e. The zero-order chi connectivity index (χ0) is 10.9. The first-order valence-corrected chi connectivity index (χ1v) is 6.18. The van der Waals surface area contributed by atoms with Gasteiger partial charge in [-0.15, -0.1) is 0 Å². The van der Waals surface area contributed by atoms with Gasteiger partial charge in [0.25, 0.3) is 0 Å². The van der Waals surface area contributed by atoms with Crippen molar-refractivity contribution in [1.29, 1.82) is 0 Å². The van der Waals surface area contributed by atoms with Gasteiger partial charge in [-0.2, -0.15) is 0 Å². The Kier molecular flexibility index (Phi) is 6.41. The standard InChI is InChI=1S/C12H23NO2/c13-9-5-4-8-12(14)15-10-11-6-2-1-3-7-11/h11H,1-10,13H2. The first-order valence-electron chi connectivity index (χ1n) is 6.18. The number of carbonyl (C=O) groups excluding carboxylic acids is 1. The van der Waals surface area contributed by atoms with Crippen LogP contribution in [-0.2, 0) is 9.53 Å². The molecule has 0 unspecified atom stereocenters. The van der Waals surface area contributed by atoms with Gasteiger partial charge in [-0.25, -0.2) is 0 Å². The summed E-state index contributed by atoms with van der Waals surface area (Å²) in [5.41, 5.74) is 5.35. The number of hydrogen-bond donors (Lipinski definition) is 1. The van der Waals surface area contributed by atoms with Gasteiger partial charge in [0.05, 0.1) is 6.61 Å². The lowest BCUT2D eigenvalue weighted by Crippen LogP contribution is -2.16. The van der Waals surface area contributed by atoms with Crippen LogP contribution in [0.4, 0.5) is 0 Å². The van der Waals surface area contributed by atoms with Gasteiger partial charge in [-0.1, -0.05) is 19.3 Å². The van der Waals surface area contributed by atoms with Crippen molar-refractivity contribution < 1.29 is 9.53 Å². The van der Waals surface area contributed by atoms with Crippen LogP contribution in [0.25, 0.3) is 0 Å². The van der Waals surface area contributed by atoms with Gasteiger partial charge in [0.15, 0.2) is 0 Å². The lowest BCUT2D eigenvalue weighted by Gasteiger charge is -2.20. The molecule has 3 nitrogen and oxygen atoms in total. The van der Waals surface area contributed by atoms with E-state index in [4.69, 9.17) is 10.5 Å². The van der Waals surface area contributed by atoms with Crippen molar-refractivity contribution in [2.24, 2.45) is 11.7 Å². The highest BCUT2D eigenvalue weighted by Crippen LogP contribution is 2.23. The molecule has 0 amide bonds. The van der Waals surface area contributed by atoms with E-state index in [0.717, 1.165) is 12.8 Å². The van der Waals surface area contributed by atoms with Crippen LogP contribution >= 0.6 is 0 Å². The third-order valence-corrected chi connectivity index (χ3v) is 3.04. The SMILES string of the molecule is NCCCCC(=O)OCC1CCCCC1. The summed E-state index contributed by atoms with van der Waals surface area (Å²) in [7, 11) is 0. The molecule has 0 atom stereocenters. The molecule has 88 valence electrons. The van der Waals surface area contributed by atoms with Crippen molar-refractivity contribution in [3.8, 4) is 0 Å². The van der Waals surface area contributed by atoms with Crippen molar-refractivity contribution in [3.63, 3.8) is 0 Å². The second-order valence-corrected chi connectivity index (χ2v) is 4.43. The van der Waals surface area contributed by atoms with E-state index in [1.165, 1.54) is 32.1 Å². The molecule has 0 aromatic heterocycles. The maximum absolute atomic E-state index is 11.3. The summed E-state index contributed by atoms with van der Waals surface area (Å²) in [5, 5.41) is 0. The van der Waals surface area contributed by atoms with Crippen LogP contribution in [0.2, 0.25) is 0 Å². The molecular formula is C12H23NO2. The minimum Gasteiger partial charge on any atom is -0.465 e. The van der Waals surface area contributed by atoms with E-state index in [2.05, 4.69) is 0 Å². The summed E-state index contributed by atoms with van der Waals surface area (Å²) in [6.45, 7) is 1.30. The van der Waals surface area contributed by atoms with Crippen LogP contribution in [0.1, 0.15) is 51.4 Å². The minimum atomic E-state index is -0.0472. The summed E-state index contributed by atoms with van der Waals surface area (Å²) in [6.07, 6.45) is 8.72. The van der Waals surface area contributed by atoms with E-state index in [-0.39, 0.29) is 5.97 Å². The molecule has 0 radical (unpaired) electrons. The fourth-order valence-corrected chi connectivity index (χ4v) is 2.05. The Morgan fingerprint density at radius 1 is 1.20 bits per heavy atom. The van der Waals surface area contributed by atoms with Crippen LogP contribution in [0, 0.1) is 5.92 Å². The van der Waals surface area contributed by atoms with Crippen LogP contribution < -0.4 is 5.73 Å². The fraction of sp³-hybridized carbons (Fsp3) is 0.917. The van der Waals surface area contributed by atoms with E-state index in [1.54, 1.807) is 0 Å². The van der Waals surface area contributed by atoms with Crippen molar-refractivity contribution in [2.45, 2.75) is 51.4 Å². The summed E-state index contributed by atoms with van der Waals surface area (Å²) in [5.74, 6) is 0.575. The molecule has 2 N–H and O–H groups in total. The predicted molar refractivity (Wildman–Crippen MR) is 60.4 cm³/mol. The molecule has 0 saturated heterocycles. The normalized spacial score (nSPS) is 17.7. The minimum absolute atomic E-state index is 0.0472. The van der Waals surface area contributed by atoms with Crippen LogP contribution in [0.15, 0.2) is 0 Å². The lowest BCUT2D eigenvalue weighted by molar-refractivity contribution is -0.145. The summed E-state index contributed by atoms with van der Waals surface area (Å²) in [4.78, 5) is 11.3. The first kappa shape index (κ1) is 12.5. The van der Waals surface area contributed by atoms with Gasteiger partial charge < -0.3 is 10.5 Å². The molecule has 1 fully saturated rings. The van der Waals surface area contributed by atoms with Gasteiger partial charge in [0.2, 0.25) is 0 Å². The van der Waals surface area contributed by atoms with E-state index in [9.17, 15) is 4.79 Å². The number of unbranched alkanes of at least 4 members (excludes halogenated alkanes) is 1. The topological polar surface area (TPSA) is 52.3 Å². The van der Waals surface area contributed by atoms with E-state index in [0.29, 0.717) is 25.5 Å². The van der Waals surface area contributed by atoms with E-state index in [1.807, 2.05) is 0 Å². The summed E-state index contributed by atoms with van der Waals surface area (Å²) in [6, 6.07) is 0. The van der Waals surface area contributed by atoms with Gasteiger partial charge in [0.1, 0.15) is 0 Å². The average molecular weight is 213 g/mol. The molecule has 0 aromatic rings. The maximum atomic E-state index is 11.3. The van der Waals surface area contributed by atoms with Gasteiger partial charge in [0, 0.05) is 6.42 Å². The zero-order valence-electron chi connectivity index (χ0n) is 9.54.